The van der Waals surface area contributed by atoms with Gasteiger partial charge in [-0.05, 0) is 30.7 Å². The molecule has 6 heteroatoms. The number of nitrogens with one attached hydrogen (secondary N) is 1. The van der Waals surface area contributed by atoms with Crippen molar-refractivity contribution >= 4 is 23.7 Å². The molecule has 27 heavy (non-hydrogen) atoms. The van der Waals surface area contributed by atoms with Gasteiger partial charge in [0.25, 0.3) is 0 Å². The molecule has 0 fully saturated rings. The molecule has 0 saturated heterocycles. The van der Waals surface area contributed by atoms with E-state index in [-0.39, 0.29) is 23.6 Å². The van der Waals surface area contributed by atoms with Gasteiger partial charge in [0.05, 0.1) is 12.3 Å². The summed E-state index contributed by atoms with van der Waals surface area (Å²) in [5.41, 5.74) is 1.82. The van der Waals surface area contributed by atoms with Crippen LogP contribution in [0.5, 0.6) is 11.5 Å². The van der Waals surface area contributed by atoms with E-state index in [0.29, 0.717) is 17.7 Å². The zero-order valence-electron chi connectivity index (χ0n) is 15.2. The second-order valence-electron chi connectivity index (χ2n) is 5.59. The molecule has 2 N–H and O–H groups in total. The molecule has 0 aromatic heterocycles. The molecule has 0 spiro atoms. The number of esters is 2. The highest BCUT2D eigenvalue weighted by Gasteiger charge is 2.12. The molecule has 140 valence electrons. The second-order valence-corrected chi connectivity index (χ2v) is 5.59. The Morgan fingerprint density at radius 3 is 2.41 bits per heavy atom. The summed E-state index contributed by atoms with van der Waals surface area (Å²) in [7, 11) is 0. The Kier molecular flexibility index (Phi) is 6.88. The third-order valence-corrected chi connectivity index (χ3v) is 3.66. The van der Waals surface area contributed by atoms with Crippen molar-refractivity contribution in [1.82, 2.24) is 0 Å². The predicted octanol–water partition coefficient (Wildman–Crippen LogP) is 3.70. The van der Waals surface area contributed by atoms with Crippen molar-refractivity contribution in [1.29, 1.82) is 5.41 Å². The molecule has 6 nitrogen and oxygen atoms in total. The summed E-state index contributed by atoms with van der Waals surface area (Å²) in [5, 5.41) is 18.5. The summed E-state index contributed by atoms with van der Waals surface area (Å²) >= 11 is 0. The van der Waals surface area contributed by atoms with Gasteiger partial charge in [-0.2, -0.15) is 0 Å². The summed E-state index contributed by atoms with van der Waals surface area (Å²) in [6.07, 6.45) is 3.20. The number of phenols is 1. The van der Waals surface area contributed by atoms with E-state index in [0.717, 1.165) is 5.56 Å². The quantitative estimate of drug-likeness (QED) is 0.337. The molecule has 0 aliphatic rings. The molecule has 0 unspecified atom stereocenters. The molecule has 0 bridgehead atoms. The lowest BCUT2D eigenvalue weighted by Crippen LogP contribution is -2.06. The van der Waals surface area contributed by atoms with Crippen molar-refractivity contribution in [3.63, 3.8) is 0 Å². The van der Waals surface area contributed by atoms with Gasteiger partial charge < -0.3 is 14.6 Å². The highest BCUT2D eigenvalue weighted by molar-refractivity contribution is 6.12. The van der Waals surface area contributed by atoms with Crippen LogP contribution >= 0.6 is 0 Å². The molecule has 2 aromatic carbocycles. The number of carbonyl (C=O) groups is 2. The summed E-state index contributed by atoms with van der Waals surface area (Å²) in [6.45, 7) is 3.74. The van der Waals surface area contributed by atoms with E-state index in [1.807, 2.05) is 0 Å². The maximum atomic E-state index is 11.3. The van der Waals surface area contributed by atoms with Crippen LogP contribution in [0.4, 0.5) is 0 Å². The minimum absolute atomic E-state index is 0.127. The zero-order chi connectivity index (χ0) is 19.8. The van der Waals surface area contributed by atoms with E-state index in [1.54, 1.807) is 44.2 Å². The molecule has 0 aliphatic carbocycles. The van der Waals surface area contributed by atoms with E-state index in [2.05, 4.69) is 0 Å². The Labute approximate surface area is 157 Å². The maximum absolute atomic E-state index is 11.3. The minimum atomic E-state index is -0.414. The summed E-state index contributed by atoms with van der Waals surface area (Å²) < 4.78 is 9.87. The van der Waals surface area contributed by atoms with Gasteiger partial charge in [-0.25, -0.2) is 4.79 Å². The lowest BCUT2D eigenvalue weighted by molar-refractivity contribution is -0.137. The van der Waals surface area contributed by atoms with Gasteiger partial charge in [0.2, 0.25) is 0 Å². The second kappa shape index (κ2) is 9.33. The maximum Gasteiger partial charge on any atom is 0.330 e. The Morgan fingerprint density at radius 2 is 1.81 bits per heavy atom. The predicted molar refractivity (Wildman–Crippen MR) is 102 cm³/mol. The first kappa shape index (κ1) is 19.9. The zero-order valence-corrected chi connectivity index (χ0v) is 15.2. The average molecular weight is 367 g/mol. The summed E-state index contributed by atoms with van der Waals surface area (Å²) in [5.74, 6) is -0.727. The van der Waals surface area contributed by atoms with Gasteiger partial charge in [-0.1, -0.05) is 31.2 Å². The van der Waals surface area contributed by atoms with Crippen LogP contribution in [0, 0.1) is 5.41 Å². The van der Waals surface area contributed by atoms with E-state index in [4.69, 9.17) is 14.9 Å². The smallest absolute Gasteiger partial charge is 0.330 e. The number of aromatic hydroxyl groups is 1. The van der Waals surface area contributed by atoms with Crippen molar-refractivity contribution in [2.75, 3.05) is 6.61 Å². The number of rotatable bonds is 7. The molecule has 0 saturated carbocycles. The topological polar surface area (TPSA) is 96.7 Å². The molecule has 2 aromatic rings. The van der Waals surface area contributed by atoms with E-state index < -0.39 is 11.9 Å². The van der Waals surface area contributed by atoms with Crippen LogP contribution in [-0.4, -0.2) is 29.4 Å². The molecule has 0 amide bonds. The molecule has 2 rings (SSSR count). The molecular weight excluding hydrogens is 346 g/mol. The van der Waals surface area contributed by atoms with Gasteiger partial charge in [-0.3, -0.25) is 10.2 Å². The normalized spacial score (nSPS) is 10.6. The van der Waals surface area contributed by atoms with Gasteiger partial charge in [0.1, 0.15) is 11.5 Å². The molecule has 0 heterocycles. The van der Waals surface area contributed by atoms with Gasteiger partial charge >= 0.3 is 11.9 Å². The van der Waals surface area contributed by atoms with Crippen LogP contribution in [0.1, 0.15) is 37.0 Å². The number of ether oxygens (including phenoxy) is 2. The van der Waals surface area contributed by atoms with Crippen molar-refractivity contribution in [2.24, 2.45) is 0 Å². The molecule has 0 aliphatic heterocycles. The van der Waals surface area contributed by atoms with Gasteiger partial charge in [0.15, 0.2) is 0 Å². The summed E-state index contributed by atoms with van der Waals surface area (Å²) in [4.78, 5) is 22.6. The fourth-order valence-electron chi connectivity index (χ4n) is 2.26. The number of carbonyl (C=O) groups excluding carboxylic acids is 2. The Bertz CT molecular complexity index is 869. The van der Waals surface area contributed by atoms with Crippen LogP contribution in [0.2, 0.25) is 0 Å². The van der Waals surface area contributed by atoms with Crippen LogP contribution < -0.4 is 4.74 Å². The van der Waals surface area contributed by atoms with Gasteiger partial charge in [0, 0.05) is 29.7 Å². The number of hydrogen-bond acceptors (Lipinski definition) is 6. The average Bonchev–Trinajstić information content (AvgIpc) is 2.66. The van der Waals surface area contributed by atoms with E-state index in [9.17, 15) is 14.7 Å². The molecular formula is C21H21NO5. The standard InChI is InChI=1S/C21H21NO5/c1-3-19(24)27-16-10-11-17(18(23)13-16)21(22)15-8-5-14(6-9-15)7-12-20(25)26-4-2/h5-13,22-23H,3-4H2,1-2H3. The lowest BCUT2D eigenvalue weighted by atomic mass is 10.00. The highest BCUT2D eigenvalue weighted by atomic mass is 16.5. The third-order valence-electron chi connectivity index (χ3n) is 3.66. The van der Waals surface area contributed by atoms with Crippen molar-refractivity contribution < 1.29 is 24.2 Å². The van der Waals surface area contributed by atoms with Crippen LogP contribution in [0.25, 0.3) is 6.08 Å². The molecule has 0 radical (unpaired) electrons. The largest absolute Gasteiger partial charge is 0.507 e. The van der Waals surface area contributed by atoms with E-state index >= 15 is 0 Å². The Balaban J connectivity index is 2.13. The fraction of sp³-hybridized carbons (Fsp3) is 0.190. The number of phenolic OH excluding ortho intramolecular Hbond substituents is 1. The fourth-order valence-corrected chi connectivity index (χ4v) is 2.26. The third kappa shape index (κ3) is 5.54. The number of hydrogen-bond donors (Lipinski definition) is 2. The highest BCUT2D eigenvalue weighted by Crippen LogP contribution is 2.26. The summed E-state index contributed by atoms with van der Waals surface area (Å²) in [6, 6.07) is 11.3. The van der Waals surface area contributed by atoms with Crippen molar-refractivity contribution in [2.45, 2.75) is 20.3 Å². The SMILES string of the molecule is CCOC(=O)C=Cc1ccc(C(=N)c2ccc(OC(=O)CC)cc2O)cc1. The van der Waals surface area contributed by atoms with Crippen molar-refractivity contribution in [3.8, 4) is 11.5 Å². The first-order valence-electron chi connectivity index (χ1n) is 8.52. The first-order chi connectivity index (χ1) is 12.9. The van der Waals surface area contributed by atoms with E-state index in [1.165, 1.54) is 24.3 Å². The Morgan fingerprint density at radius 1 is 1.11 bits per heavy atom. The monoisotopic (exact) mass is 367 g/mol. The molecule has 0 atom stereocenters. The van der Waals surface area contributed by atoms with Crippen LogP contribution in [0.3, 0.4) is 0 Å². The number of benzene rings is 2. The van der Waals surface area contributed by atoms with Crippen LogP contribution in [-0.2, 0) is 14.3 Å². The van der Waals surface area contributed by atoms with Crippen molar-refractivity contribution in [3.05, 3.63) is 65.2 Å². The Hall–Kier alpha value is -3.41. The van der Waals surface area contributed by atoms with Gasteiger partial charge in [-0.15, -0.1) is 0 Å². The van der Waals surface area contributed by atoms with Crippen LogP contribution in [0.15, 0.2) is 48.5 Å². The lowest BCUT2D eigenvalue weighted by Gasteiger charge is -2.09. The minimum Gasteiger partial charge on any atom is -0.507 e. The first-order valence-corrected chi connectivity index (χ1v) is 8.52.